The molecule has 4 rings (SSSR count). The number of likely N-dealkylation sites (N-methyl/N-ethyl adjacent to an activating group) is 1. The van der Waals surface area contributed by atoms with E-state index in [1.54, 1.807) is 13.1 Å². The molecule has 4 N–H and O–H groups in total. The van der Waals surface area contributed by atoms with Crippen molar-refractivity contribution in [1.29, 1.82) is 0 Å². The lowest BCUT2D eigenvalue weighted by atomic mass is 9.91. The van der Waals surface area contributed by atoms with Crippen LogP contribution in [0.4, 0.5) is 4.39 Å². The summed E-state index contributed by atoms with van der Waals surface area (Å²) in [6.45, 7) is 0.536. The minimum atomic E-state index is -3.87. The van der Waals surface area contributed by atoms with Crippen molar-refractivity contribution in [2.45, 2.75) is 24.8 Å². The number of nitrogens with two attached hydrogens (primary N) is 2. The maximum atomic E-state index is 14.6. The summed E-state index contributed by atoms with van der Waals surface area (Å²) in [5.74, 6) is -0.162. The lowest BCUT2D eigenvalue weighted by molar-refractivity contribution is -0.756. The first-order valence-electron chi connectivity index (χ1n) is 10.0. The van der Waals surface area contributed by atoms with Crippen molar-refractivity contribution in [3.8, 4) is 5.75 Å². The fourth-order valence-electron chi connectivity index (χ4n) is 4.13. The molecule has 31 heavy (non-hydrogen) atoms. The van der Waals surface area contributed by atoms with E-state index in [1.807, 2.05) is 18.2 Å². The topological polar surface area (TPSA) is 108 Å². The second-order valence-electron chi connectivity index (χ2n) is 8.32. The Morgan fingerprint density at radius 1 is 1.26 bits per heavy atom. The molecule has 1 heterocycles. The highest BCUT2D eigenvalue weighted by molar-refractivity contribution is 7.93. The highest BCUT2D eigenvalue weighted by Gasteiger charge is 2.32. The second kappa shape index (κ2) is 8.16. The van der Waals surface area contributed by atoms with E-state index in [2.05, 4.69) is 17.1 Å². The van der Waals surface area contributed by atoms with E-state index in [1.165, 1.54) is 24.2 Å². The molecule has 7 nitrogen and oxygen atoms in total. The molecule has 2 aliphatic rings. The van der Waals surface area contributed by atoms with Crippen molar-refractivity contribution in [3.05, 3.63) is 76.2 Å². The Kier molecular flexibility index (Phi) is 5.69. The summed E-state index contributed by atoms with van der Waals surface area (Å²) in [7, 11) is -2.10. The summed E-state index contributed by atoms with van der Waals surface area (Å²) in [6.07, 6.45) is 4.33. The van der Waals surface area contributed by atoms with Crippen molar-refractivity contribution in [3.63, 3.8) is 0 Å². The summed E-state index contributed by atoms with van der Waals surface area (Å²) in [6, 6.07) is 13.3. The van der Waals surface area contributed by atoms with Gasteiger partial charge in [-0.2, -0.15) is 4.99 Å². The number of primary sulfonamides is 1. The Balaban J connectivity index is 1.47. The predicted molar refractivity (Wildman–Crippen MR) is 117 cm³/mol. The first-order chi connectivity index (χ1) is 14.6. The van der Waals surface area contributed by atoms with Crippen molar-refractivity contribution in [2.24, 2.45) is 15.9 Å². The Labute approximate surface area is 181 Å². The molecule has 164 valence electrons. The highest BCUT2D eigenvalue weighted by Crippen LogP contribution is 2.38. The van der Waals surface area contributed by atoms with Crippen LogP contribution < -0.4 is 15.6 Å². The number of rotatable bonds is 7. The number of ether oxygens (including phenoxy) is 1. The van der Waals surface area contributed by atoms with Crippen LogP contribution >= 0.6 is 0 Å². The fourth-order valence-corrected chi connectivity index (χ4v) is 4.71. The zero-order valence-electron chi connectivity index (χ0n) is 17.2. The Morgan fingerprint density at radius 2 is 2.00 bits per heavy atom. The predicted octanol–water partition coefficient (Wildman–Crippen LogP) is 1.99. The quantitative estimate of drug-likeness (QED) is 0.636. The van der Waals surface area contributed by atoms with E-state index in [-0.39, 0.29) is 33.8 Å². The van der Waals surface area contributed by atoms with Gasteiger partial charge in [0, 0.05) is 12.0 Å². The van der Waals surface area contributed by atoms with Gasteiger partial charge in [-0.1, -0.05) is 30.3 Å². The molecular weight excluding hydrogens is 419 g/mol. The van der Waals surface area contributed by atoms with Crippen LogP contribution in [0.1, 0.15) is 22.6 Å². The molecule has 2 aromatic carbocycles. The average Bonchev–Trinajstić information content (AvgIpc) is 3.24. The highest BCUT2D eigenvalue weighted by atomic mass is 32.2. The third-order valence-electron chi connectivity index (χ3n) is 5.84. The molecule has 0 bridgehead atoms. The largest absolute Gasteiger partial charge is 0.485 e. The van der Waals surface area contributed by atoms with E-state index in [0.717, 1.165) is 17.5 Å². The minimum Gasteiger partial charge on any atom is -0.485 e. The lowest BCUT2D eigenvalue weighted by Gasteiger charge is -2.22. The van der Waals surface area contributed by atoms with E-state index in [0.29, 0.717) is 13.0 Å². The molecule has 0 spiro atoms. The first kappa shape index (κ1) is 21.6. The molecule has 0 amide bonds. The molecule has 0 fully saturated rings. The SMILES string of the molecule is C[N+]1(CCOc2cc3c(cc2F)CC(N)C3Cc2ccccc2)C=NC(S(N)(=O)=O)=C1. The van der Waals surface area contributed by atoms with Crippen molar-refractivity contribution >= 4 is 16.4 Å². The fraction of sp³-hybridized carbons (Fsp3) is 0.318. The smallest absolute Gasteiger partial charge is 0.261 e. The number of aliphatic imine (C=N–C) groups is 1. The first-order valence-corrected chi connectivity index (χ1v) is 11.6. The van der Waals surface area contributed by atoms with Gasteiger partial charge in [0.05, 0.1) is 7.05 Å². The molecule has 0 saturated heterocycles. The summed E-state index contributed by atoms with van der Waals surface area (Å²) < 4.78 is 43.4. The van der Waals surface area contributed by atoms with Crippen LogP contribution in [0, 0.1) is 5.82 Å². The van der Waals surface area contributed by atoms with Crippen LogP contribution in [0.5, 0.6) is 5.75 Å². The van der Waals surface area contributed by atoms with Crippen LogP contribution in [-0.2, 0) is 22.9 Å². The van der Waals surface area contributed by atoms with Gasteiger partial charge < -0.3 is 10.5 Å². The molecule has 1 aliphatic carbocycles. The summed E-state index contributed by atoms with van der Waals surface area (Å²) in [5, 5.41) is 4.94. The number of hydrogen-bond donors (Lipinski definition) is 2. The van der Waals surface area contributed by atoms with Crippen LogP contribution in [0.3, 0.4) is 0 Å². The molecule has 0 radical (unpaired) electrons. The van der Waals surface area contributed by atoms with Crippen LogP contribution in [0.25, 0.3) is 0 Å². The molecule has 2 aromatic rings. The number of sulfonamides is 1. The average molecular weight is 446 g/mol. The zero-order chi connectivity index (χ0) is 22.2. The van der Waals surface area contributed by atoms with E-state index in [9.17, 15) is 12.8 Å². The van der Waals surface area contributed by atoms with Gasteiger partial charge in [0.25, 0.3) is 10.0 Å². The molecule has 3 unspecified atom stereocenters. The third-order valence-corrected chi connectivity index (χ3v) is 6.63. The van der Waals surface area contributed by atoms with Crippen LogP contribution in [-0.4, -0.2) is 45.5 Å². The Hall–Kier alpha value is -2.59. The number of fused-ring (bicyclic) bond motifs is 1. The molecule has 0 saturated carbocycles. The zero-order valence-corrected chi connectivity index (χ0v) is 18.1. The third kappa shape index (κ3) is 4.69. The molecule has 9 heteroatoms. The van der Waals surface area contributed by atoms with Gasteiger partial charge in [-0.25, -0.2) is 17.9 Å². The molecule has 0 aromatic heterocycles. The van der Waals surface area contributed by atoms with Gasteiger partial charge >= 0.3 is 0 Å². The van der Waals surface area contributed by atoms with Gasteiger partial charge in [0.1, 0.15) is 19.4 Å². The number of halogens is 1. The number of quaternary nitrogens is 1. The van der Waals surface area contributed by atoms with E-state index >= 15 is 0 Å². The monoisotopic (exact) mass is 445 g/mol. The lowest BCUT2D eigenvalue weighted by Crippen LogP contribution is -2.39. The van der Waals surface area contributed by atoms with Crippen LogP contribution in [0.15, 0.2) is 58.7 Å². The van der Waals surface area contributed by atoms with Gasteiger partial charge in [0.2, 0.25) is 5.03 Å². The number of nitrogens with zero attached hydrogens (tertiary/aromatic N) is 2. The normalized spacial score (nSPS) is 24.8. The van der Waals surface area contributed by atoms with E-state index in [4.69, 9.17) is 15.6 Å². The van der Waals surface area contributed by atoms with Gasteiger partial charge in [0.15, 0.2) is 17.9 Å². The summed E-state index contributed by atoms with van der Waals surface area (Å²) in [4.78, 5) is 3.86. The number of hydrogen-bond acceptors (Lipinski definition) is 5. The standard InChI is InChI=1S/C22H26FN4O3S/c1-27(13-22(26-14-27)31(25,28)29)7-8-30-21-12-17-16(10-19(21)23)11-20(24)18(17)9-15-5-3-2-4-6-15/h2-6,10,12-14,18,20H,7-9,11,24H2,1H3,(H2,25,28,29)/q+1. The minimum absolute atomic E-state index is 0.0723. The van der Waals surface area contributed by atoms with Crippen molar-refractivity contribution in [1.82, 2.24) is 0 Å². The van der Waals surface area contributed by atoms with Crippen molar-refractivity contribution < 1.29 is 22.0 Å². The van der Waals surface area contributed by atoms with Gasteiger partial charge in [-0.05, 0) is 41.7 Å². The molecule has 1 aliphatic heterocycles. The van der Waals surface area contributed by atoms with Crippen molar-refractivity contribution in [2.75, 3.05) is 20.2 Å². The summed E-state index contributed by atoms with van der Waals surface area (Å²) >= 11 is 0. The summed E-state index contributed by atoms with van der Waals surface area (Å²) in [5.41, 5.74) is 9.51. The maximum Gasteiger partial charge on any atom is 0.261 e. The molecular formula is C22H26FN4O3S+. The second-order valence-corrected chi connectivity index (χ2v) is 9.83. The Bertz CT molecular complexity index is 1150. The van der Waals surface area contributed by atoms with Crippen LogP contribution in [0.2, 0.25) is 0 Å². The van der Waals surface area contributed by atoms with E-state index < -0.39 is 15.8 Å². The molecule has 3 atom stereocenters. The Morgan fingerprint density at radius 3 is 2.68 bits per heavy atom. The van der Waals surface area contributed by atoms with Gasteiger partial charge in [-0.15, -0.1) is 0 Å². The number of benzene rings is 2. The van der Waals surface area contributed by atoms with Gasteiger partial charge in [-0.3, -0.25) is 4.48 Å². The maximum absolute atomic E-state index is 14.6.